The summed E-state index contributed by atoms with van der Waals surface area (Å²) < 4.78 is 10.5. The number of hydrogen-bond acceptors (Lipinski definition) is 4. The maximum atomic E-state index is 12.3. The maximum absolute atomic E-state index is 12.3. The molecule has 0 heterocycles. The van der Waals surface area contributed by atoms with Gasteiger partial charge in [0.05, 0.1) is 25.7 Å². The Bertz CT molecular complexity index is 721. The van der Waals surface area contributed by atoms with Gasteiger partial charge in [0.25, 0.3) is 0 Å². The van der Waals surface area contributed by atoms with Gasteiger partial charge in [-0.3, -0.25) is 4.79 Å². The van der Waals surface area contributed by atoms with E-state index in [0.717, 1.165) is 4.90 Å². The van der Waals surface area contributed by atoms with Gasteiger partial charge in [-0.25, -0.2) is 0 Å². The lowest BCUT2D eigenvalue weighted by Crippen LogP contribution is -2.15. The van der Waals surface area contributed by atoms with Crippen LogP contribution in [0.5, 0.6) is 11.5 Å². The Kier molecular flexibility index (Phi) is 6.37. The third-order valence-electron chi connectivity index (χ3n) is 3.77. The molecule has 0 saturated heterocycles. The second kappa shape index (κ2) is 8.30. The first-order chi connectivity index (χ1) is 11.8. The molecule has 1 amide bonds. The standard InChI is InChI=1S/C20H25NO3S/c1-20(2,3)14-6-9-16(10-7-14)25-13-19(22)21-17-12-15(23-4)8-11-18(17)24-5/h6-12H,13H2,1-5H3,(H,21,22). The Labute approximate surface area is 153 Å². The molecule has 2 rings (SSSR count). The van der Waals surface area contributed by atoms with Gasteiger partial charge in [-0.05, 0) is 35.2 Å². The molecule has 0 aromatic heterocycles. The lowest BCUT2D eigenvalue weighted by molar-refractivity contribution is -0.113. The lowest BCUT2D eigenvalue weighted by atomic mass is 9.87. The van der Waals surface area contributed by atoms with Crippen molar-refractivity contribution in [2.75, 3.05) is 25.3 Å². The highest BCUT2D eigenvalue weighted by atomic mass is 32.2. The van der Waals surface area contributed by atoms with Crippen LogP contribution in [-0.2, 0) is 10.2 Å². The van der Waals surface area contributed by atoms with Gasteiger partial charge in [-0.2, -0.15) is 0 Å². The molecule has 0 aliphatic heterocycles. The molecule has 0 fully saturated rings. The highest BCUT2D eigenvalue weighted by Gasteiger charge is 2.13. The zero-order valence-corrected chi connectivity index (χ0v) is 16.2. The molecular formula is C20H25NO3S. The predicted molar refractivity (Wildman–Crippen MR) is 104 cm³/mol. The summed E-state index contributed by atoms with van der Waals surface area (Å²) in [4.78, 5) is 13.3. The van der Waals surface area contributed by atoms with E-state index in [9.17, 15) is 4.79 Å². The first kappa shape index (κ1) is 19.2. The van der Waals surface area contributed by atoms with Crippen LogP contribution < -0.4 is 14.8 Å². The van der Waals surface area contributed by atoms with Gasteiger partial charge in [0, 0.05) is 11.0 Å². The van der Waals surface area contributed by atoms with E-state index in [0.29, 0.717) is 22.9 Å². The largest absolute Gasteiger partial charge is 0.497 e. The van der Waals surface area contributed by atoms with Crippen molar-refractivity contribution in [1.82, 2.24) is 0 Å². The van der Waals surface area contributed by atoms with Crippen molar-refractivity contribution in [3.63, 3.8) is 0 Å². The average Bonchev–Trinajstić information content (AvgIpc) is 2.59. The van der Waals surface area contributed by atoms with Crippen LogP contribution in [0.25, 0.3) is 0 Å². The summed E-state index contributed by atoms with van der Waals surface area (Å²) in [5.41, 5.74) is 2.02. The van der Waals surface area contributed by atoms with Gasteiger partial charge in [-0.15, -0.1) is 11.8 Å². The Balaban J connectivity index is 1.97. The monoisotopic (exact) mass is 359 g/mol. The third kappa shape index (κ3) is 5.43. The van der Waals surface area contributed by atoms with E-state index >= 15 is 0 Å². The van der Waals surface area contributed by atoms with Gasteiger partial charge in [0.2, 0.25) is 5.91 Å². The molecule has 4 nitrogen and oxygen atoms in total. The Morgan fingerprint density at radius 2 is 1.72 bits per heavy atom. The second-order valence-corrected chi connectivity index (χ2v) is 7.73. The number of rotatable bonds is 6. The van der Waals surface area contributed by atoms with Crippen LogP contribution in [0.3, 0.4) is 0 Å². The minimum Gasteiger partial charge on any atom is -0.497 e. The van der Waals surface area contributed by atoms with Crippen molar-refractivity contribution in [2.45, 2.75) is 31.1 Å². The molecule has 1 N–H and O–H groups in total. The molecule has 0 aliphatic rings. The summed E-state index contributed by atoms with van der Waals surface area (Å²) in [5.74, 6) is 1.52. The van der Waals surface area contributed by atoms with Crippen LogP contribution in [0.4, 0.5) is 5.69 Å². The van der Waals surface area contributed by atoms with Crippen LogP contribution in [0.15, 0.2) is 47.4 Å². The average molecular weight is 359 g/mol. The Morgan fingerprint density at radius 1 is 1.04 bits per heavy atom. The number of nitrogens with one attached hydrogen (secondary N) is 1. The minimum atomic E-state index is -0.0866. The Morgan fingerprint density at radius 3 is 2.28 bits per heavy atom. The van der Waals surface area contributed by atoms with Crippen molar-refractivity contribution < 1.29 is 14.3 Å². The SMILES string of the molecule is COc1ccc(OC)c(NC(=O)CSc2ccc(C(C)(C)C)cc2)c1. The van der Waals surface area contributed by atoms with Crippen LogP contribution in [0.1, 0.15) is 26.3 Å². The molecule has 0 unspecified atom stereocenters. The van der Waals surface area contributed by atoms with Gasteiger partial charge in [0.1, 0.15) is 11.5 Å². The number of thioether (sulfide) groups is 1. The summed E-state index contributed by atoms with van der Waals surface area (Å²) in [5, 5.41) is 2.88. The summed E-state index contributed by atoms with van der Waals surface area (Å²) in [6, 6.07) is 13.7. The molecule has 25 heavy (non-hydrogen) atoms. The molecular weight excluding hydrogens is 334 g/mol. The van der Waals surface area contributed by atoms with Crippen LogP contribution in [0.2, 0.25) is 0 Å². The number of carbonyl (C=O) groups excluding carboxylic acids is 1. The summed E-state index contributed by atoms with van der Waals surface area (Å²) >= 11 is 1.51. The van der Waals surface area contributed by atoms with E-state index < -0.39 is 0 Å². The molecule has 2 aromatic rings. The predicted octanol–water partition coefficient (Wildman–Crippen LogP) is 4.73. The molecule has 0 radical (unpaired) electrons. The van der Waals surface area contributed by atoms with Crippen molar-refractivity contribution in [3.8, 4) is 11.5 Å². The zero-order chi connectivity index (χ0) is 18.4. The van der Waals surface area contributed by atoms with E-state index in [2.05, 4.69) is 50.4 Å². The quantitative estimate of drug-likeness (QED) is 0.757. The Hall–Kier alpha value is -2.14. The number of ether oxygens (including phenoxy) is 2. The molecule has 2 aromatic carbocycles. The van der Waals surface area contributed by atoms with Gasteiger partial charge in [-0.1, -0.05) is 32.9 Å². The number of hydrogen-bond donors (Lipinski definition) is 1. The molecule has 134 valence electrons. The third-order valence-corrected chi connectivity index (χ3v) is 4.78. The van der Waals surface area contributed by atoms with E-state index in [-0.39, 0.29) is 11.3 Å². The van der Waals surface area contributed by atoms with Gasteiger partial charge < -0.3 is 14.8 Å². The van der Waals surface area contributed by atoms with Crippen molar-refractivity contribution >= 4 is 23.4 Å². The molecule has 5 heteroatoms. The molecule has 0 bridgehead atoms. The van der Waals surface area contributed by atoms with E-state index in [1.54, 1.807) is 32.4 Å². The zero-order valence-electron chi connectivity index (χ0n) is 15.4. The number of carbonyl (C=O) groups is 1. The number of benzene rings is 2. The number of anilines is 1. The van der Waals surface area contributed by atoms with Crippen molar-refractivity contribution in [3.05, 3.63) is 48.0 Å². The normalized spacial score (nSPS) is 11.1. The van der Waals surface area contributed by atoms with E-state index in [1.807, 2.05) is 0 Å². The second-order valence-electron chi connectivity index (χ2n) is 6.68. The van der Waals surface area contributed by atoms with Gasteiger partial charge >= 0.3 is 0 Å². The molecule has 0 spiro atoms. The van der Waals surface area contributed by atoms with Crippen molar-refractivity contribution in [2.24, 2.45) is 0 Å². The summed E-state index contributed by atoms with van der Waals surface area (Å²) in [7, 11) is 3.16. The maximum Gasteiger partial charge on any atom is 0.234 e. The fourth-order valence-corrected chi connectivity index (χ4v) is 3.00. The van der Waals surface area contributed by atoms with E-state index in [1.165, 1.54) is 17.3 Å². The number of amides is 1. The van der Waals surface area contributed by atoms with E-state index in [4.69, 9.17) is 9.47 Å². The number of methoxy groups -OCH3 is 2. The summed E-state index contributed by atoms with van der Waals surface area (Å²) in [6.45, 7) is 6.55. The first-order valence-electron chi connectivity index (χ1n) is 8.08. The van der Waals surface area contributed by atoms with Gasteiger partial charge in [0.15, 0.2) is 0 Å². The molecule has 0 atom stereocenters. The van der Waals surface area contributed by atoms with Crippen LogP contribution >= 0.6 is 11.8 Å². The summed E-state index contributed by atoms with van der Waals surface area (Å²) in [6.07, 6.45) is 0. The fourth-order valence-electron chi connectivity index (χ4n) is 2.30. The topological polar surface area (TPSA) is 47.6 Å². The first-order valence-corrected chi connectivity index (χ1v) is 9.07. The smallest absolute Gasteiger partial charge is 0.234 e. The molecule has 0 aliphatic carbocycles. The molecule has 0 saturated carbocycles. The fraction of sp³-hybridized carbons (Fsp3) is 0.350. The van der Waals surface area contributed by atoms with Crippen molar-refractivity contribution in [1.29, 1.82) is 0 Å². The minimum absolute atomic E-state index is 0.0866. The van der Waals surface area contributed by atoms with Crippen LogP contribution in [0, 0.1) is 0 Å². The highest BCUT2D eigenvalue weighted by molar-refractivity contribution is 8.00. The highest BCUT2D eigenvalue weighted by Crippen LogP contribution is 2.30. The lowest BCUT2D eigenvalue weighted by Gasteiger charge is -2.19. The van der Waals surface area contributed by atoms with Crippen LogP contribution in [-0.4, -0.2) is 25.9 Å².